The molecule has 0 aromatic heterocycles. The summed E-state index contributed by atoms with van der Waals surface area (Å²) < 4.78 is 10.2. The van der Waals surface area contributed by atoms with Crippen LogP contribution in [0.15, 0.2) is 30.3 Å². The Hall–Kier alpha value is -2.30. The van der Waals surface area contributed by atoms with Crippen LogP contribution in [0, 0.1) is 5.92 Å². The van der Waals surface area contributed by atoms with Crippen LogP contribution in [-0.2, 0) is 14.3 Å². The number of nitrogens with zero attached hydrogens (tertiary/aromatic N) is 1. The second-order valence-corrected chi connectivity index (χ2v) is 8.51. The molecule has 0 spiro atoms. The fourth-order valence-corrected chi connectivity index (χ4v) is 3.22. The highest BCUT2D eigenvalue weighted by molar-refractivity contribution is 5.86. The quantitative estimate of drug-likeness (QED) is 0.550. The van der Waals surface area contributed by atoms with E-state index in [-0.39, 0.29) is 18.1 Å². The SMILES string of the molecule is COC(=O)/C=C/c1ccc(C2C[C@@H]2N(CC2CC2)C(=O)OC(C)(C)C)cc1. The summed E-state index contributed by atoms with van der Waals surface area (Å²) in [5.41, 5.74) is 1.69. The third-order valence-corrected chi connectivity index (χ3v) is 4.91. The Morgan fingerprint density at radius 3 is 2.41 bits per heavy atom. The molecule has 0 N–H and O–H groups in total. The fraction of sp³-hybridized carbons (Fsp3) is 0.545. The lowest BCUT2D eigenvalue weighted by molar-refractivity contribution is -0.134. The Morgan fingerprint density at radius 1 is 1.19 bits per heavy atom. The topological polar surface area (TPSA) is 55.8 Å². The van der Waals surface area contributed by atoms with Crippen molar-refractivity contribution >= 4 is 18.1 Å². The minimum Gasteiger partial charge on any atom is -0.466 e. The monoisotopic (exact) mass is 371 g/mol. The van der Waals surface area contributed by atoms with E-state index in [1.165, 1.54) is 31.6 Å². The molecule has 0 saturated heterocycles. The summed E-state index contributed by atoms with van der Waals surface area (Å²) in [5, 5.41) is 0. The standard InChI is InChI=1S/C22H29NO4/c1-22(2,3)27-21(25)23(14-16-5-6-16)19-13-18(19)17-10-7-15(8-11-17)9-12-20(24)26-4/h7-12,16,18-19H,5-6,13-14H2,1-4H3/b12-9+/t18?,19-/m0/s1. The summed E-state index contributed by atoms with van der Waals surface area (Å²) in [6.45, 7) is 6.53. The Bertz CT molecular complexity index is 713. The third-order valence-electron chi connectivity index (χ3n) is 4.91. The van der Waals surface area contributed by atoms with E-state index in [2.05, 4.69) is 16.9 Å². The molecule has 5 heteroatoms. The first-order chi connectivity index (χ1) is 12.8. The van der Waals surface area contributed by atoms with Gasteiger partial charge in [-0.1, -0.05) is 24.3 Å². The zero-order chi connectivity index (χ0) is 19.6. The third kappa shape index (κ3) is 5.59. The summed E-state index contributed by atoms with van der Waals surface area (Å²) in [6.07, 6.45) is 6.34. The van der Waals surface area contributed by atoms with Crippen molar-refractivity contribution in [2.45, 2.75) is 57.6 Å². The van der Waals surface area contributed by atoms with Gasteiger partial charge in [0.1, 0.15) is 5.60 Å². The van der Waals surface area contributed by atoms with Gasteiger partial charge < -0.3 is 14.4 Å². The van der Waals surface area contributed by atoms with E-state index in [0.29, 0.717) is 11.8 Å². The average Bonchev–Trinajstić information content (AvgIpc) is 3.51. The van der Waals surface area contributed by atoms with E-state index in [0.717, 1.165) is 18.5 Å². The second kappa shape index (κ2) is 7.75. The number of ether oxygens (including phenoxy) is 2. The Balaban J connectivity index is 1.64. The predicted octanol–water partition coefficient (Wildman–Crippen LogP) is 4.38. The van der Waals surface area contributed by atoms with Crippen molar-refractivity contribution in [2.75, 3.05) is 13.7 Å². The lowest BCUT2D eigenvalue weighted by atomic mass is 10.1. The van der Waals surface area contributed by atoms with Crippen LogP contribution in [0.2, 0.25) is 0 Å². The van der Waals surface area contributed by atoms with Gasteiger partial charge in [-0.15, -0.1) is 0 Å². The molecule has 2 saturated carbocycles. The van der Waals surface area contributed by atoms with Gasteiger partial charge in [-0.2, -0.15) is 0 Å². The van der Waals surface area contributed by atoms with Crippen molar-refractivity contribution < 1.29 is 19.1 Å². The number of hydrogen-bond acceptors (Lipinski definition) is 4. The molecule has 0 aliphatic heterocycles. The number of esters is 1. The maximum atomic E-state index is 12.7. The van der Waals surface area contributed by atoms with Gasteiger partial charge in [0.2, 0.25) is 0 Å². The number of rotatable bonds is 6. The Morgan fingerprint density at radius 2 is 1.85 bits per heavy atom. The summed E-state index contributed by atoms with van der Waals surface area (Å²) >= 11 is 0. The molecule has 5 nitrogen and oxygen atoms in total. The Labute approximate surface area is 161 Å². The van der Waals surface area contributed by atoms with Crippen LogP contribution in [0.5, 0.6) is 0 Å². The normalized spacial score (nSPS) is 21.8. The summed E-state index contributed by atoms with van der Waals surface area (Å²) in [5.74, 6) is 0.619. The number of hydrogen-bond donors (Lipinski definition) is 0. The zero-order valence-electron chi connectivity index (χ0n) is 16.6. The van der Waals surface area contributed by atoms with E-state index in [9.17, 15) is 9.59 Å². The van der Waals surface area contributed by atoms with Crippen LogP contribution < -0.4 is 0 Å². The van der Waals surface area contributed by atoms with Crippen molar-refractivity contribution in [3.63, 3.8) is 0 Å². The van der Waals surface area contributed by atoms with Crippen molar-refractivity contribution in [3.8, 4) is 0 Å². The number of carbonyl (C=O) groups is 2. The highest BCUT2D eigenvalue weighted by Crippen LogP contribution is 2.46. The molecule has 0 heterocycles. The summed E-state index contributed by atoms with van der Waals surface area (Å²) in [7, 11) is 1.36. The van der Waals surface area contributed by atoms with Crippen LogP contribution in [0.3, 0.4) is 0 Å². The summed E-state index contributed by atoms with van der Waals surface area (Å²) in [6, 6.07) is 8.35. The van der Waals surface area contributed by atoms with E-state index >= 15 is 0 Å². The molecule has 2 atom stereocenters. The number of carbonyl (C=O) groups excluding carboxylic acids is 2. The fourth-order valence-electron chi connectivity index (χ4n) is 3.22. The molecule has 146 valence electrons. The first kappa shape index (κ1) is 19.5. The minimum atomic E-state index is -0.475. The number of amides is 1. The van der Waals surface area contributed by atoms with Gasteiger partial charge in [-0.3, -0.25) is 0 Å². The molecule has 3 rings (SSSR count). The average molecular weight is 371 g/mol. The molecular weight excluding hydrogens is 342 g/mol. The van der Waals surface area contributed by atoms with E-state index < -0.39 is 5.60 Å². The van der Waals surface area contributed by atoms with Crippen molar-refractivity contribution in [1.82, 2.24) is 4.90 Å². The van der Waals surface area contributed by atoms with E-state index in [4.69, 9.17) is 4.74 Å². The minimum absolute atomic E-state index is 0.195. The van der Waals surface area contributed by atoms with Gasteiger partial charge >= 0.3 is 12.1 Å². The van der Waals surface area contributed by atoms with E-state index in [1.807, 2.05) is 37.8 Å². The van der Waals surface area contributed by atoms with E-state index in [1.54, 1.807) is 6.08 Å². The summed E-state index contributed by atoms with van der Waals surface area (Å²) in [4.78, 5) is 25.8. The van der Waals surface area contributed by atoms with Crippen LogP contribution in [0.1, 0.15) is 57.1 Å². The van der Waals surface area contributed by atoms with Crippen molar-refractivity contribution in [3.05, 3.63) is 41.5 Å². The van der Waals surface area contributed by atoms with Gasteiger partial charge in [-0.05, 0) is 63.2 Å². The molecule has 1 amide bonds. The molecule has 1 aromatic carbocycles. The predicted molar refractivity (Wildman–Crippen MR) is 104 cm³/mol. The van der Waals surface area contributed by atoms with Gasteiger partial charge in [0.15, 0.2) is 0 Å². The molecule has 2 aliphatic carbocycles. The number of benzene rings is 1. The molecule has 1 aromatic rings. The highest BCUT2D eigenvalue weighted by atomic mass is 16.6. The lowest BCUT2D eigenvalue weighted by Crippen LogP contribution is -2.40. The first-order valence-electron chi connectivity index (χ1n) is 9.62. The smallest absolute Gasteiger partial charge is 0.410 e. The van der Waals surface area contributed by atoms with Crippen LogP contribution >= 0.6 is 0 Å². The van der Waals surface area contributed by atoms with Gasteiger partial charge in [0.25, 0.3) is 0 Å². The largest absolute Gasteiger partial charge is 0.466 e. The van der Waals surface area contributed by atoms with Gasteiger partial charge in [0.05, 0.1) is 7.11 Å². The molecular formula is C22H29NO4. The van der Waals surface area contributed by atoms with Crippen molar-refractivity contribution in [1.29, 1.82) is 0 Å². The van der Waals surface area contributed by atoms with Crippen molar-refractivity contribution in [2.24, 2.45) is 5.92 Å². The molecule has 0 bridgehead atoms. The van der Waals surface area contributed by atoms with Gasteiger partial charge in [-0.25, -0.2) is 9.59 Å². The molecule has 2 aliphatic rings. The maximum Gasteiger partial charge on any atom is 0.410 e. The highest BCUT2D eigenvalue weighted by Gasteiger charge is 2.47. The van der Waals surface area contributed by atoms with Crippen LogP contribution in [-0.4, -0.2) is 42.3 Å². The second-order valence-electron chi connectivity index (χ2n) is 8.51. The molecule has 1 unspecified atom stereocenters. The first-order valence-corrected chi connectivity index (χ1v) is 9.62. The van der Waals surface area contributed by atoms with Gasteiger partial charge in [0, 0.05) is 24.6 Å². The maximum absolute atomic E-state index is 12.7. The lowest BCUT2D eigenvalue weighted by Gasteiger charge is -2.28. The zero-order valence-corrected chi connectivity index (χ0v) is 16.6. The molecule has 27 heavy (non-hydrogen) atoms. The van der Waals surface area contributed by atoms with Crippen LogP contribution in [0.25, 0.3) is 6.08 Å². The molecule has 2 fully saturated rings. The Kier molecular flexibility index (Phi) is 5.59. The molecule has 0 radical (unpaired) electrons. The number of methoxy groups -OCH3 is 1. The van der Waals surface area contributed by atoms with Crippen LogP contribution in [0.4, 0.5) is 4.79 Å².